The number of ketones is 1. The van der Waals surface area contributed by atoms with Crippen molar-refractivity contribution in [1.29, 1.82) is 0 Å². The van der Waals surface area contributed by atoms with E-state index in [1.165, 1.54) is 0 Å². The van der Waals surface area contributed by atoms with Crippen molar-refractivity contribution < 1.29 is 9.59 Å². The molecule has 1 spiro atoms. The topological polar surface area (TPSA) is 55.2 Å². The van der Waals surface area contributed by atoms with Crippen molar-refractivity contribution >= 4 is 23.3 Å². The smallest absolute Gasteiger partial charge is 0.253 e. The molecule has 2 aromatic carbocycles. The van der Waals surface area contributed by atoms with Crippen molar-refractivity contribution in [2.75, 3.05) is 13.1 Å². The first-order valence-corrected chi connectivity index (χ1v) is 11.9. The number of aromatic nitrogens is 2. The molecule has 1 amide bonds. The number of aryl methyl sites for hydroxylation is 1. The van der Waals surface area contributed by atoms with Crippen molar-refractivity contribution in [3.63, 3.8) is 0 Å². The lowest BCUT2D eigenvalue weighted by molar-refractivity contribution is 0.0517. The highest BCUT2D eigenvalue weighted by molar-refractivity contribution is 6.31. The third kappa shape index (κ3) is 3.99. The zero-order valence-corrected chi connectivity index (χ0v) is 19.8. The number of Topliss-reactive ketones (excluding diaryl/α,β-unsaturated/α-hetero) is 1. The summed E-state index contributed by atoms with van der Waals surface area (Å²) in [5.41, 5.74) is 4.44. The predicted molar refractivity (Wildman–Crippen MR) is 129 cm³/mol. The van der Waals surface area contributed by atoms with Crippen LogP contribution in [0.25, 0.3) is 0 Å². The molecule has 1 unspecified atom stereocenters. The quantitative estimate of drug-likeness (QED) is 0.517. The predicted octanol–water partition coefficient (Wildman–Crippen LogP) is 5.51. The molecular formula is C27H28ClN3O2. The Kier molecular flexibility index (Phi) is 5.61. The monoisotopic (exact) mass is 461 g/mol. The van der Waals surface area contributed by atoms with Crippen LogP contribution in [0.1, 0.15) is 69.8 Å². The summed E-state index contributed by atoms with van der Waals surface area (Å²) in [6.07, 6.45) is 4.90. The van der Waals surface area contributed by atoms with Gasteiger partial charge >= 0.3 is 0 Å². The van der Waals surface area contributed by atoms with E-state index in [4.69, 9.17) is 11.6 Å². The minimum Gasteiger partial charge on any atom is -0.339 e. The minimum atomic E-state index is -0.0827. The maximum atomic E-state index is 13.3. The molecule has 0 saturated carbocycles. The van der Waals surface area contributed by atoms with Crippen LogP contribution in [0, 0.1) is 12.3 Å². The Balaban J connectivity index is 1.31. The number of hydrogen-bond acceptors (Lipinski definition) is 3. The molecule has 2 aliphatic rings. The van der Waals surface area contributed by atoms with E-state index >= 15 is 0 Å². The van der Waals surface area contributed by atoms with E-state index in [2.05, 4.69) is 24.2 Å². The summed E-state index contributed by atoms with van der Waals surface area (Å²) in [5, 5.41) is 5.29. The Bertz CT molecular complexity index is 1210. The molecule has 6 heteroatoms. The highest BCUT2D eigenvalue weighted by atomic mass is 35.5. The van der Waals surface area contributed by atoms with Gasteiger partial charge in [0, 0.05) is 35.7 Å². The van der Waals surface area contributed by atoms with Gasteiger partial charge in [-0.25, -0.2) is 0 Å². The standard InChI is InChI=1S/C27H28ClN3O2/c1-18-14-21(8-9-23(18)28)26(33)30-12-10-27(11-13-30)15-22-17-29-31(25(22)24(32)16-27)19(2)20-6-4-3-5-7-20/h3-9,14,17,19H,10-13,15-16H2,1-2H3. The molecule has 0 radical (unpaired) electrons. The molecule has 33 heavy (non-hydrogen) atoms. The molecule has 1 atom stereocenters. The maximum Gasteiger partial charge on any atom is 0.253 e. The van der Waals surface area contributed by atoms with Crippen LogP contribution in [0.4, 0.5) is 0 Å². The Hall–Kier alpha value is -2.92. The van der Waals surface area contributed by atoms with Crippen molar-refractivity contribution in [3.05, 3.63) is 87.7 Å². The Labute approximate surface area is 199 Å². The summed E-state index contributed by atoms with van der Waals surface area (Å²) in [7, 11) is 0. The lowest BCUT2D eigenvalue weighted by Gasteiger charge is -2.43. The van der Waals surface area contributed by atoms with Crippen LogP contribution in [0.3, 0.4) is 0 Å². The second-order valence-electron chi connectivity index (χ2n) is 9.58. The first-order chi connectivity index (χ1) is 15.9. The lowest BCUT2D eigenvalue weighted by Crippen LogP contribution is -2.46. The van der Waals surface area contributed by atoms with E-state index in [1.54, 1.807) is 12.1 Å². The summed E-state index contributed by atoms with van der Waals surface area (Å²) in [6.45, 7) is 5.33. The fourth-order valence-electron chi connectivity index (χ4n) is 5.39. The Morgan fingerprint density at radius 2 is 1.82 bits per heavy atom. The van der Waals surface area contributed by atoms with Crippen molar-refractivity contribution in [2.24, 2.45) is 5.41 Å². The number of carbonyl (C=O) groups excluding carboxylic acids is 2. The maximum absolute atomic E-state index is 13.3. The van der Waals surface area contributed by atoms with E-state index in [-0.39, 0.29) is 23.1 Å². The van der Waals surface area contributed by atoms with Crippen molar-refractivity contribution in [1.82, 2.24) is 14.7 Å². The SMILES string of the molecule is Cc1cc(C(=O)N2CCC3(CC2)CC(=O)c2c(cnn2C(C)c2ccccc2)C3)ccc1Cl. The zero-order chi connectivity index (χ0) is 23.2. The fraction of sp³-hybridized carbons (Fsp3) is 0.370. The summed E-state index contributed by atoms with van der Waals surface area (Å²) < 4.78 is 1.89. The summed E-state index contributed by atoms with van der Waals surface area (Å²) in [4.78, 5) is 28.3. The van der Waals surface area contributed by atoms with Crippen LogP contribution in [-0.2, 0) is 6.42 Å². The van der Waals surface area contributed by atoms with Crippen LogP contribution in [-0.4, -0.2) is 39.5 Å². The van der Waals surface area contributed by atoms with Gasteiger partial charge in [-0.15, -0.1) is 0 Å². The second-order valence-corrected chi connectivity index (χ2v) is 9.99. The first kappa shape index (κ1) is 21.9. The number of likely N-dealkylation sites (tertiary alicyclic amines) is 1. The third-order valence-corrected chi connectivity index (χ3v) is 7.83. The van der Waals surface area contributed by atoms with E-state index in [0.29, 0.717) is 30.1 Å². The molecule has 5 nitrogen and oxygen atoms in total. The minimum absolute atomic E-state index is 0.00949. The molecule has 1 fully saturated rings. The highest BCUT2D eigenvalue weighted by Gasteiger charge is 2.43. The molecule has 2 heterocycles. The number of carbonyl (C=O) groups is 2. The van der Waals surface area contributed by atoms with Gasteiger partial charge in [0.25, 0.3) is 5.91 Å². The van der Waals surface area contributed by atoms with Gasteiger partial charge in [-0.1, -0.05) is 41.9 Å². The van der Waals surface area contributed by atoms with E-state index < -0.39 is 0 Å². The van der Waals surface area contributed by atoms with Crippen LogP contribution >= 0.6 is 11.6 Å². The van der Waals surface area contributed by atoms with Crippen molar-refractivity contribution in [3.8, 4) is 0 Å². The molecule has 0 N–H and O–H groups in total. The highest BCUT2D eigenvalue weighted by Crippen LogP contribution is 2.44. The van der Waals surface area contributed by atoms with E-state index in [1.807, 2.05) is 47.0 Å². The average Bonchev–Trinajstić information content (AvgIpc) is 3.25. The molecule has 170 valence electrons. The van der Waals surface area contributed by atoms with Crippen LogP contribution in [0.2, 0.25) is 5.02 Å². The van der Waals surface area contributed by atoms with Gasteiger partial charge in [0.15, 0.2) is 5.78 Å². The van der Waals surface area contributed by atoms with Crippen LogP contribution < -0.4 is 0 Å². The summed E-state index contributed by atoms with van der Waals surface area (Å²) in [6, 6.07) is 15.6. The van der Waals surface area contributed by atoms with Gasteiger partial charge < -0.3 is 4.90 Å². The average molecular weight is 462 g/mol. The van der Waals surface area contributed by atoms with Gasteiger partial charge in [-0.2, -0.15) is 5.10 Å². The van der Waals surface area contributed by atoms with Gasteiger partial charge in [0.1, 0.15) is 5.69 Å². The molecule has 1 aromatic heterocycles. The number of nitrogens with zero attached hydrogens (tertiary/aromatic N) is 3. The first-order valence-electron chi connectivity index (χ1n) is 11.6. The third-order valence-electron chi connectivity index (χ3n) is 7.40. The largest absolute Gasteiger partial charge is 0.339 e. The summed E-state index contributed by atoms with van der Waals surface area (Å²) in [5.74, 6) is 0.210. The molecular weight excluding hydrogens is 434 g/mol. The summed E-state index contributed by atoms with van der Waals surface area (Å²) >= 11 is 6.12. The molecule has 3 aromatic rings. The number of hydrogen-bond donors (Lipinski definition) is 0. The lowest BCUT2D eigenvalue weighted by atomic mass is 9.67. The van der Waals surface area contributed by atoms with Gasteiger partial charge in [-0.05, 0) is 67.9 Å². The zero-order valence-electron chi connectivity index (χ0n) is 19.1. The molecule has 5 rings (SSSR count). The van der Waals surface area contributed by atoms with Crippen molar-refractivity contribution in [2.45, 2.75) is 45.6 Å². The molecule has 1 aliphatic heterocycles. The number of amides is 1. The molecule has 1 aliphatic carbocycles. The number of fused-ring (bicyclic) bond motifs is 1. The molecule has 1 saturated heterocycles. The van der Waals surface area contributed by atoms with Gasteiger partial charge in [0.2, 0.25) is 0 Å². The number of rotatable bonds is 3. The van der Waals surface area contributed by atoms with Gasteiger partial charge in [-0.3, -0.25) is 14.3 Å². The Morgan fingerprint density at radius 3 is 2.52 bits per heavy atom. The van der Waals surface area contributed by atoms with Crippen LogP contribution in [0.5, 0.6) is 0 Å². The van der Waals surface area contributed by atoms with Crippen LogP contribution in [0.15, 0.2) is 54.7 Å². The Morgan fingerprint density at radius 1 is 1.09 bits per heavy atom. The van der Waals surface area contributed by atoms with E-state index in [0.717, 1.165) is 41.6 Å². The number of halogens is 1. The molecule has 0 bridgehead atoms. The number of benzene rings is 2. The normalized spacial score (nSPS) is 18.3. The number of piperidine rings is 1. The van der Waals surface area contributed by atoms with Gasteiger partial charge in [0.05, 0.1) is 12.2 Å². The van der Waals surface area contributed by atoms with E-state index in [9.17, 15) is 9.59 Å². The fourth-order valence-corrected chi connectivity index (χ4v) is 5.51. The second kappa shape index (κ2) is 8.45.